The molecule has 0 radical (unpaired) electrons. The lowest BCUT2D eigenvalue weighted by Gasteiger charge is -2.27. The molecule has 24 heavy (non-hydrogen) atoms. The lowest BCUT2D eigenvalue weighted by Crippen LogP contribution is -2.55. The number of carboxylic acid groups (broad SMARTS) is 1. The number of nitrogens with one attached hydrogen (secondary N) is 1. The molecular weight excluding hydrogens is 308 g/mol. The Morgan fingerprint density at radius 2 is 1.96 bits per heavy atom. The first-order valence-corrected chi connectivity index (χ1v) is 8.27. The Morgan fingerprint density at radius 1 is 1.29 bits per heavy atom. The highest BCUT2D eigenvalue weighted by molar-refractivity contribution is 5.92. The van der Waals surface area contributed by atoms with E-state index in [0.717, 1.165) is 18.4 Å². The molecular formula is C18H22N2O4. The van der Waals surface area contributed by atoms with Gasteiger partial charge in [0.15, 0.2) is 0 Å². The van der Waals surface area contributed by atoms with Crippen LogP contribution in [0.2, 0.25) is 0 Å². The van der Waals surface area contributed by atoms with Gasteiger partial charge in [0.05, 0.1) is 5.92 Å². The number of aliphatic carboxylic acids is 1. The second-order valence-corrected chi connectivity index (χ2v) is 6.93. The van der Waals surface area contributed by atoms with Crippen LogP contribution in [-0.2, 0) is 20.9 Å². The van der Waals surface area contributed by atoms with Crippen molar-refractivity contribution in [2.45, 2.75) is 38.3 Å². The Hall–Kier alpha value is -2.37. The molecule has 1 heterocycles. The third-order valence-electron chi connectivity index (χ3n) is 5.02. The van der Waals surface area contributed by atoms with Gasteiger partial charge >= 0.3 is 5.97 Å². The van der Waals surface area contributed by atoms with Crippen molar-refractivity contribution < 1.29 is 19.5 Å². The number of nitrogens with zero attached hydrogens (tertiary/aromatic N) is 1. The van der Waals surface area contributed by atoms with Crippen LogP contribution in [-0.4, -0.2) is 39.9 Å². The van der Waals surface area contributed by atoms with Crippen molar-refractivity contribution in [1.29, 1.82) is 0 Å². The van der Waals surface area contributed by atoms with Gasteiger partial charge in [-0.05, 0) is 31.2 Å². The maximum atomic E-state index is 12.5. The van der Waals surface area contributed by atoms with Gasteiger partial charge < -0.3 is 15.3 Å². The van der Waals surface area contributed by atoms with Crippen LogP contribution in [0.15, 0.2) is 30.3 Å². The van der Waals surface area contributed by atoms with Crippen molar-refractivity contribution in [3.63, 3.8) is 0 Å². The van der Waals surface area contributed by atoms with E-state index in [1.807, 2.05) is 30.3 Å². The Bertz CT molecular complexity index is 656. The molecule has 1 aromatic carbocycles. The number of hydrogen-bond donors (Lipinski definition) is 2. The highest BCUT2D eigenvalue weighted by Crippen LogP contribution is 2.40. The van der Waals surface area contributed by atoms with Gasteiger partial charge in [0.1, 0.15) is 5.54 Å². The van der Waals surface area contributed by atoms with Crippen molar-refractivity contribution in [3.05, 3.63) is 35.9 Å². The first-order valence-electron chi connectivity index (χ1n) is 8.27. The maximum absolute atomic E-state index is 12.5. The van der Waals surface area contributed by atoms with Crippen LogP contribution in [0, 0.1) is 11.8 Å². The van der Waals surface area contributed by atoms with Crippen LogP contribution in [0.1, 0.15) is 31.7 Å². The van der Waals surface area contributed by atoms with Gasteiger partial charge in [0, 0.05) is 19.5 Å². The van der Waals surface area contributed by atoms with Gasteiger partial charge in [-0.2, -0.15) is 0 Å². The van der Waals surface area contributed by atoms with E-state index in [1.165, 1.54) is 0 Å². The third kappa shape index (κ3) is 3.27. The van der Waals surface area contributed by atoms with E-state index in [-0.39, 0.29) is 24.2 Å². The smallest absolute Gasteiger partial charge is 0.329 e. The van der Waals surface area contributed by atoms with E-state index in [2.05, 4.69) is 5.32 Å². The average Bonchev–Trinajstić information content (AvgIpc) is 3.34. The second-order valence-electron chi connectivity index (χ2n) is 6.93. The van der Waals surface area contributed by atoms with Gasteiger partial charge in [-0.3, -0.25) is 9.59 Å². The molecule has 128 valence electrons. The van der Waals surface area contributed by atoms with E-state index in [1.54, 1.807) is 11.8 Å². The fourth-order valence-corrected chi connectivity index (χ4v) is 3.25. The predicted octanol–water partition coefficient (Wildman–Crippen LogP) is 1.40. The molecule has 1 aromatic rings. The number of benzene rings is 1. The quantitative estimate of drug-likeness (QED) is 0.825. The van der Waals surface area contributed by atoms with E-state index >= 15 is 0 Å². The lowest BCUT2D eigenvalue weighted by molar-refractivity contribution is -0.148. The second kappa shape index (κ2) is 6.26. The van der Waals surface area contributed by atoms with Crippen molar-refractivity contribution >= 4 is 17.8 Å². The molecule has 3 rings (SSSR count). The molecule has 2 N–H and O–H groups in total. The zero-order valence-corrected chi connectivity index (χ0v) is 13.7. The van der Waals surface area contributed by atoms with Gasteiger partial charge in [-0.25, -0.2) is 4.79 Å². The fraction of sp³-hybridized carbons (Fsp3) is 0.500. The van der Waals surface area contributed by atoms with Crippen LogP contribution >= 0.6 is 0 Å². The van der Waals surface area contributed by atoms with E-state index in [4.69, 9.17) is 0 Å². The number of rotatable bonds is 6. The number of carboxylic acids is 1. The molecule has 2 aliphatic rings. The molecule has 2 amide bonds. The molecule has 2 atom stereocenters. The zero-order valence-electron chi connectivity index (χ0n) is 13.7. The first kappa shape index (κ1) is 16.5. The van der Waals surface area contributed by atoms with Gasteiger partial charge in [0.2, 0.25) is 11.8 Å². The minimum absolute atomic E-state index is 0.0172. The van der Waals surface area contributed by atoms with Crippen molar-refractivity contribution in [1.82, 2.24) is 10.2 Å². The first-order chi connectivity index (χ1) is 11.4. The Kier molecular flexibility index (Phi) is 4.30. The summed E-state index contributed by atoms with van der Waals surface area (Å²) in [6.07, 6.45) is 1.76. The number of carbonyl (C=O) groups excluding carboxylic acids is 2. The monoisotopic (exact) mass is 330 g/mol. The molecule has 1 aliphatic heterocycles. The molecule has 0 spiro atoms. The number of likely N-dealkylation sites (tertiary alicyclic amines) is 1. The topological polar surface area (TPSA) is 86.7 Å². The Morgan fingerprint density at radius 3 is 2.54 bits per heavy atom. The third-order valence-corrected chi connectivity index (χ3v) is 5.02. The molecule has 1 saturated heterocycles. The molecule has 0 aromatic heterocycles. The number of amides is 2. The largest absolute Gasteiger partial charge is 0.480 e. The molecule has 6 nitrogen and oxygen atoms in total. The summed E-state index contributed by atoms with van der Waals surface area (Å²) in [6.45, 7) is 2.37. The average molecular weight is 330 g/mol. The molecule has 0 unspecified atom stereocenters. The Balaban J connectivity index is 1.62. The standard InChI is InChI=1S/C18H22N2O4/c1-18(17(23)24,14-7-8-14)19-16(22)13-9-15(21)20(11-13)10-12-5-3-2-4-6-12/h2-6,13-14H,7-11H2,1H3,(H,19,22)(H,23,24)/t13-,18-/m1/s1. The minimum Gasteiger partial charge on any atom is -0.480 e. The predicted molar refractivity (Wildman–Crippen MR) is 86.9 cm³/mol. The molecule has 2 fully saturated rings. The van der Waals surface area contributed by atoms with Gasteiger partial charge in [-0.15, -0.1) is 0 Å². The SMILES string of the molecule is C[C@](NC(=O)[C@@H]1CC(=O)N(Cc2ccccc2)C1)(C(=O)O)C1CC1. The van der Waals surface area contributed by atoms with Crippen molar-refractivity contribution in [3.8, 4) is 0 Å². The summed E-state index contributed by atoms with van der Waals surface area (Å²) < 4.78 is 0. The van der Waals surface area contributed by atoms with E-state index in [0.29, 0.717) is 13.1 Å². The van der Waals surface area contributed by atoms with Crippen LogP contribution in [0.4, 0.5) is 0 Å². The summed E-state index contributed by atoms with van der Waals surface area (Å²) in [7, 11) is 0. The molecule has 1 aliphatic carbocycles. The van der Waals surface area contributed by atoms with Crippen LogP contribution < -0.4 is 5.32 Å². The summed E-state index contributed by atoms with van der Waals surface area (Å²) in [5.74, 6) is -1.92. The Labute approximate surface area is 140 Å². The van der Waals surface area contributed by atoms with Crippen LogP contribution in [0.5, 0.6) is 0 Å². The van der Waals surface area contributed by atoms with E-state index < -0.39 is 17.4 Å². The normalized spacial score (nSPS) is 23.0. The summed E-state index contributed by atoms with van der Waals surface area (Å²) in [5, 5.41) is 12.1. The molecule has 0 bridgehead atoms. The van der Waals surface area contributed by atoms with Crippen LogP contribution in [0.3, 0.4) is 0 Å². The fourth-order valence-electron chi connectivity index (χ4n) is 3.25. The van der Waals surface area contributed by atoms with Gasteiger partial charge in [0.25, 0.3) is 0 Å². The molecule has 6 heteroatoms. The highest BCUT2D eigenvalue weighted by Gasteiger charge is 2.49. The lowest BCUT2D eigenvalue weighted by atomic mass is 9.94. The highest BCUT2D eigenvalue weighted by atomic mass is 16.4. The summed E-state index contributed by atoms with van der Waals surface area (Å²) in [5.41, 5.74) is -0.215. The minimum atomic E-state index is -1.23. The number of hydrogen-bond acceptors (Lipinski definition) is 3. The molecule has 1 saturated carbocycles. The summed E-state index contributed by atoms with van der Waals surface area (Å²) >= 11 is 0. The summed E-state index contributed by atoms with van der Waals surface area (Å²) in [6, 6.07) is 9.61. The van der Waals surface area contributed by atoms with Gasteiger partial charge in [-0.1, -0.05) is 30.3 Å². The summed E-state index contributed by atoms with van der Waals surface area (Å²) in [4.78, 5) is 37.8. The zero-order chi connectivity index (χ0) is 17.3. The number of carbonyl (C=O) groups is 3. The van der Waals surface area contributed by atoms with Crippen molar-refractivity contribution in [2.75, 3.05) is 6.54 Å². The maximum Gasteiger partial charge on any atom is 0.329 e. The van der Waals surface area contributed by atoms with E-state index in [9.17, 15) is 19.5 Å². The van der Waals surface area contributed by atoms with Crippen molar-refractivity contribution in [2.24, 2.45) is 11.8 Å². The van der Waals surface area contributed by atoms with Crippen LogP contribution in [0.25, 0.3) is 0 Å².